The van der Waals surface area contributed by atoms with Crippen molar-refractivity contribution in [2.24, 2.45) is 0 Å². The summed E-state index contributed by atoms with van der Waals surface area (Å²) in [6.45, 7) is 7.38. The minimum atomic E-state index is -1.36. The summed E-state index contributed by atoms with van der Waals surface area (Å²) in [4.78, 5) is 13.4. The molecule has 5 atom stereocenters. The zero-order valence-electron chi connectivity index (χ0n) is 22.8. The minimum Gasteiger partial charge on any atom is -0.496 e. The van der Waals surface area contributed by atoms with E-state index in [9.17, 15) is 4.79 Å². The van der Waals surface area contributed by atoms with Crippen molar-refractivity contribution >= 4 is 16.6 Å². The number of epoxide rings is 1. The SMILES string of the molecule is C=CCOc1c2c(c(OC)c3cc(C)c4c(c13)O[C@]1(OC)C3OC(C5OCCCO5)(OC43)[C@]13CO3)CCCC2=O. The summed E-state index contributed by atoms with van der Waals surface area (Å²) >= 11 is 0. The quantitative estimate of drug-likeness (QED) is 0.390. The van der Waals surface area contributed by atoms with E-state index in [1.807, 2.05) is 6.92 Å². The standard InChI is InChI=1S/C30H32O10/c1-5-10-34-23-20-16(8-6-9-18(20)31)22(32-3)17-13-15(2)19-24(21(17)23)38-29(33-4)26-25(19)39-30(40-26,28(29)14-37-28)27-35-11-7-12-36-27/h5,13,25-27H,1,6-12,14H2,2-4H3/t25?,26?,28-,29+,30?/m0/s1. The number of methoxy groups -OCH3 is 2. The Morgan fingerprint density at radius 1 is 1.12 bits per heavy atom. The second-order valence-corrected chi connectivity index (χ2v) is 11.2. The van der Waals surface area contributed by atoms with Crippen molar-refractivity contribution in [3.8, 4) is 17.2 Å². The van der Waals surface area contributed by atoms with E-state index in [2.05, 4.69) is 12.6 Å². The number of benzene rings is 2. The van der Waals surface area contributed by atoms with E-state index < -0.39 is 35.7 Å². The van der Waals surface area contributed by atoms with Crippen LogP contribution in [0.25, 0.3) is 10.8 Å². The van der Waals surface area contributed by atoms with E-state index in [4.69, 9.17) is 42.6 Å². The van der Waals surface area contributed by atoms with Crippen LogP contribution in [0.3, 0.4) is 0 Å². The molecule has 2 aromatic rings. The molecule has 3 unspecified atom stereocenters. The van der Waals surface area contributed by atoms with Crippen molar-refractivity contribution in [1.82, 2.24) is 0 Å². The first-order chi connectivity index (χ1) is 19.5. The van der Waals surface area contributed by atoms with Gasteiger partial charge < -0.3 is 42.6 Å². The Hall–Kier alpha value is -2.73. The van der Waals surface area contributed by atoms with Crippen LogP contribution >= 0.6 is 0 Å². The van der Waals surface area contributed by atoms with Gasteiger partial charge in [-0.1, -0.05) is 12.7 Å². The summed E-state index contributed by atoms with van der Waals surface area (Å²) in [5, 5.41) is 1.43. The van der Waals surface area contributed by atoms with Crippen LogP contribution in [0, 0.1) is 6.92 Å². The van der Waals surface area contributed by atoms with Crippen LogP contribution in [0.2, 0.25) is 0 Å². The molecule has 5 aliphatic heterocycles. The van der Waals surface area contributed by atoms with Crippen LogP contribution in [-0.4, -0.2) is 76.0 Å². The molecule has 1 spiro atoms. The molecule has 2 bridgehead atoms. The highest BCUT2D eigenvalue weighted by Crippen LogP contribution is 2.72. The van der Waals surface area contributed by atoms with Gasteiger partial charge in [-0.25, -0.2) is 0 Å². The third-order valence-electron chi connectivity index (χ3n) is 9.25. The molecule has 1 aliphatic carbocycles. The number of ketones is 1. The third-order valence-corrected chi connectivity index (χ3v) is 9.25. The van der Waals surface area contributed by atoms with Gasteiger partial charge in [0.25, 0.3) is 11.6 Å². The average molecular weight is 553 g/mol. The number of hydrogen-bond acceptors (Lipinski definition) is 10. The highest BCUT2D eigenvalue weighted by Gasteiger charge is 2.93. The van der Waals surface area contributed by atoms with Crippen LogP contribution in [0.5, 0.6) is 17.2 Å². The predicted octanol–water partition coefficient (Wildman–Crippen LogP) is 3.67. The molecular weight excluding hydrogens is 520 g/mol. The number of aryl methyl sites for hydroxylation is 1. The van der Waals surface area contributed by atoms with Gasteiger partial charge in [-0.15, -0.1) is 0 Å². The maximum absolute atomic E-state index is 13.4. The van der Waals surface area contributed by atoms with Crippen LogP contribution in [-0.2, 0) is 34.8 Å². The molecule has 0 N–H and O–H groups in total. The lowest BCUT2D eigenvalue weighted by Crippen LogP contribution is -2.70. The van der Waals surface area contributed by atoms with Crippen LogP contribution in [0.4, 0.5) is 0 Å². The van der Waals surface area contributed by atoms with Crippen LogP contribution in [0.1, 0.15) is 52.4 Å². The topological polar surface area (TPSA) is 103 Å². The molecular formula is C30H32O10. The molecule has 6 aliphatic rings. The Balaban J connectivity index is 1.41. The van der Waals surface area contributed by atoms with E-state index in [0.717, 1.165) is 34.9 Å². The molecule has 10 heteroatoms. The molecule has 4 fully saturated rings. The van der Waals surface area contributed by atoms with Gasteiger partial charge in [0.15, 0.2) is 11.9 Å². The van der Waals surface area contributed by atoms with E-state index in [0.29, 0.717) is 54.3 Å². The second-order valence-electron chi connectivity index (χ2n) is 11.2. The van der Waals surface area contributed by atoms with Crippen molar-refractivity contribution in [2.45, 2.75) is 68.3 Å². The van der Waals surface area contributed by atoms with Gasteiger partial charge in [-0.05, 0) is 37.8 Å². The number of carbonyl (C=O) groups excluding carboxylic acids is 1. The molecule has 10 nitrogen and oxygen atoms in total. The number of carbonyl (C=O) groups is 1. The number of Topliss-reactive ketones (excluding diaryl/α,β-unsaturated/α-hetero) is 1. The predicted molar refractivity (Wildman–Crippen MR) is 139 cm³/mol. The van der Waals surface area contributed by atoms with Crippen LogP contribution < -0.4 is 14.2 Å². The Bertz CT molecular complexity index is 1460. The summed E-state index contributed by atoms with van der Waals surface area (Å²) in [6, 6.07) is 2.05. The summed E-state index contributed by atoms with van der Waals surface area (Å²) < 4.78 is 57.1. The van der Waals surface area contributed by atoms with E-state index in [-0.39, 0.29) is 19.0 Å². The zero-order chi connectivity index (χ0) is 27.4. The van der Waals surface area contributed by atoms with Gasteiger partial charge in [-0.2, -0.15) is 0 Å². The summed E-state index contributed by atoms with van der Waals surface area (Å²) in [5.41, 5.74) is 2.01. The van der Waals surface area contributed by atoms with Gasteiger partial charge in [0.2, 0.25) is 11.9 Å². The highest BCUT2D eigenvalue weighted by molar-refractivity contribution is 6.12. The Labute approximate surface area is 231 Å². The van der Waals surface area contributed by atoms with E-state index >= 15 is 0 Å². The first kappa shape index (κ1) is 25.0. The average Bonchev–Trinajstić information content (AvgIpc) is 3.63. The van der Waals surface area contributed by atoms with Crippen molar-refractivity contribution in [3.05, 3.63) is 41.0 Å². The number of fused-ring (bicyclic) bond motifs is 8. The maximum atomic E-state index is 13.4. The zero-order valence-corrected chi connectivity index (χ0v) is 22.8. The maximum Gasteiger partial charge on any atom is 0.277 e. The molecule has 0 amide bonds. The van der Waals surface area contributed by atoms with Crippen molar-refractivity contribution < 1.29 is 47.4 Å². The molecule has 40 heavy (non-hydrogen) atoms. The van der Waals surface area contributed by atoms with Crippen molar-refractivity contribution in [3.63, 3.8) is 0 Å². The van der Waals surface area contributed by atoms with E-state index in [1.54, 1.807) is 20.3 Å². The molecule has 2 aromatic carbocycles. The normalized spacial score (nSPS) is 35.4. The fraction of sp³-hybridized carbons (Fsp3) is 0.567. The molecule has 0 saturated carbocycles. The van der Waals surface area contributed by atoms with Gasteiger partial charge in [-0.3, -0.25) is 4.79 Å². The monoisotopic (exact) mass is 552 g/mol. The summed E-state index contributed by atoms with van der Waals surface area (Å²) in [5.74, 6) is -1.07. The first-order valence-electron chi connectivity index (χ1n) is 13.9. The van der Waals surface area contributed by atoms with Crippen molar-refractivity contribution in [2.75, 3.05) is 40.6 Å². The fourth-order valence-corrected chi connectivity index (χ4v) is 7.59. The van der Waals surface area contributed by atoms with Gasteiger partial charge in [0.1, 0.15) is 30.0 Å². The fourth-order valence-electron chi connectivity index (χ4n) is 7.59. The smallest absolute Gasteiger partial charge is 0.277 e. The minimum absolute atomic E-state index is 0.0154. The largest absolute Gasteiger partial charge is 0.496 e. The third kappa shape index (κ3) is 2.77. The number of rotatable bonds is 6. The second kappa shape index (κ2) is 8.40. The lowest BCUT2D eigenvalue weighted by atomic mass is 9.78. The molecule has 212 valence electrons. The summed E-state index contributed by atoms with van der Waals surface area (Å²) in [6.07, 6.45) is 2.34. The van der Waals surface area contributed by atoms with Gasteiger partial charge in [0.05, 0.1) is 37.9 Å². The number of hydrogen-bond donors (Lipinski definition) is 0. The van der Waals surface area contributed by atoms with Gasteiger partial charge in [0, 0.05) is 30.0 Å². The highest BCUT2D eigenvalue weighted by atomic mass is 16.9. The lowest BCUT2D eigenvalue weighted by Gasteiger charge is -2.49. The first-order valence-corrected chi connectivity index (χ1v) is 13.9. The Kier molecular flexibility index (Phi) is 5.26. The van der Waals surface area contributed by atoms with E-state index in [1.165, 1.54) is 0 Å². The van der Waals surface area contributed by atoms with Gasteiger partial charge >= 0.3 is 0 Å². The Morgan fingerprint density at radius 3 is 2.62 bits per heavy atom. The molecule has 0 aromatic heterocycles. The van der Waals surface area contributed by atoms with Crippen LogP contribution in [0.15, 0.2) is 18.7 Å². The summed E-state index contributed by atoms with van der Waals surface area (Å²) in [7, 11) is 3.22. The molecule has 4 saturated heterocycles. The molecule has 0 radical (unpaired) electrons. The van der Waals surface area contributed by atoms with Crippen molar-refractivity contribution in [1.29, 1.82) is 0 Å². The lowest BCUT2D eigenvalue weighted by molar-refractivity contribution is -0.365. The Morgan fingerprint density at radius 2 is 1.93 bits per heavy atom. The molecule has 8 rings (SSSR count). The number of ether oxygens (including phenoxy) is 9. The molecule has 5 heterocycles.